The van der Waals surface area contributed by atoms with Crippen molar-refractivity contribution >= 4 is 23.2 Å². The fourth-order valence-electron chi connectivity index (χ4n) is 4.77. The minimum absolute atomic E-state index is 0.194. The predicted octanol–water partition coefficient (Wildman–Crippen LogP) is 4.02. The maximum atomic E-state index is 13.1. The Hall–Kier alpha value is -3.57. The van der Waals surface area contributed by atoms with E-state index in [1.54, 1.807) is 42.5 Å². The molecule has 31 heavy (non-hydrogen) atoms. The Bertz CT molecular complexity index is 1230. The van der Waals surface area contributed by atoms with Gasteiger partial charge in [0.2, 0.25) is 5.91 Å². The highest BCUT2D eigenvalue weighted by Crippen LogP contribution is 2.35. The van der Waals surface area contributed by atoms with Gasteiger partial charge >= 0.3 is 0 Å². The fourth-order valence-corrected chi connectivity index (χ4v) is 4.77. The van der Waals surface area contributed by atoms with E-state index in [-0.39, 0.29) is 35.6 Å². The molecule has 154 valence electrons. The summed E-state index contributed by atoms with van der Waals surface area (Å²) in [6.07, 6.45) is 1.99. The van der Waals surface area contributed by atoms with E-state index in [9.17, 15) is 14.4 Å². The molecule has 0 spiro atoms. The van der Waals surface area contributed by atoms with Crippen LogP contribution in [0.5, 0.6) is 0 Å². The number of ketones is 2. The van der Waals surface area contributed by atoms with Gasteiger partial charge in [-0.2, -0.15) is 0 Å². The van der Waals surface area contributed by atoms with Crippen LogP contribution in [0.1, 0.15) is 55.4 Å². The van der Waals surface area contributed by atoms with Gasteiger partial charge in [-0.1, -0.05) is 60.7 Å². The first-order valence-electron chi connectivity index (χ1n) is 10.4. The molecule has 2 aliphatic rings. The Morgan fingerprint density at radius 1 is 0.903 bits per heavy atom. The van der Waals surface area contributed by atoms with Gasteiger partial charge in [-0.3, -0.25) is 19.3 Å². The molecule has 0 bridgehead atoms. The van der Waals surface area contributed by atoms with Gasteiger partial charge in [0.1, 0.15) is 0 Å². The van der Waals surface area contributed by atoms with Crippen LogP contribution in [0.2, 0.25) is 0 Å². The van der Waals surface area contributed by atoms with Gasteiger partial charge in [-0.05, 0) is 37.1 Å². The van der Waals surface area contributed by atoms with Gasteiger partial charge in [0.05, 0.1) is 17.8 Å². The summed E-state index contributed by atoms with van der Waals surface area (Å²) in [7, 11) is 1.94. The van der Waals surface area contributed by atoms with E-state index in [2.05, 4.69) is 17.4 Å². The molecule has 5 rings (SSSR count). The average molecular weight is 410 g/mol. The zero-order chi connectivity index (χ0) is 21.5. The van der Waals surface area contributed by atoms with Crippen molar-refractivity contribution in [1.29, 1.82) is 0 Å². The highest BCUT2D eigenvalue weighted by atomic mass is 16.2. The van der Waals surface area contributed by atoms with Gasteiger partial charge in [0.15, 0.2) is 11.6 Å². The van der Waals surface area contributed by atoms with Crippen molar-refractivity contribution in [3.05, 3.63) is 100 Å². The molecule has 0 fully saturated rings. The summed E-state index contributed by atoms with van der Waals surface area (Å²) in [5.41, 5.74) is 4.37. The number of aryl methyl sites for hydroxylation is 1. The number of rotatable bonds is 4. The average Bonchev–Trinajstić information content (AvgIpc) is 3.22. The van der Waals surface area contributed by atoms with Crippen LogP contribution in [0.25, 0.3) is 0 Å². The number of hydrogen-bond acceptors (Lipinski definition) is 4. The molecule has 3 aromatic rings. The molecule has 1 amide bonds. The maximum Gasteiger partial charge on any atom is 0.238 e. The number of nitrogens with zero attached hydrogens (tertiary/aromatic N) is 1. The molecule has 5 nitrogen and oxygen atoms in total. The van der Waals surface area contributed by atoms with Crippen molar-refractivity contribution in [3.63, 3.8) is 0 Å². The molecule has 0 aliphatic heterocycles. The number of nitrogens with one attached hydrogen (secondary N) is 1. The maximum absolute atomic E-state index is 13.1. The highest BCUT2D eigenvalue weighted by molar-refractivity contribution is 6.30. The first kappa shape index (κ1) is 19.4. The topological polar surface area (TPSA) is 66.5 Å². The van der Waals surface area contributed by atoms with Crippen LogP contribution in [0.15, 0.2) is 66.7 Å². The molecular formula is C26H22N2O3. The number of hydrogen-bond donors (Lipinski definition) is 1. The summed E-state index contributed by atoms with van der Waals surface area (Å²) < 4.78 is 0. The summed E-state index contributed by atoms with van der Waals surface area (Å²) in [5.74, 6) is -0.639. The molecule has 3 aromatic carbocycles. The minimum Gasteiger partial charge on any atom is -0.324 e. The number of likely N-dealkylation sites (N-methyl/N-ethyl adjacent to an activating group) is 1. The second-order valence-corrected chi connectivity index (χ2v) is 8.15. The lowest BCUT2D eigenvalue weighted by Gasteiger charge is -2.25. The van der Waals surface area contributed by atoms with E-state index in [1.807, 2.05) is 24.1 Å². The Morgan fingerprint density at radius 2 is 1.58 bits per heavy atom. The smallest absolute Gasteiger partial charge is 0.238 e. The molecule has 1 N–H and O–H groups in total. The zero-order valence-electron chi connectivity index (χ0n) is 17.2. The highest BCUT2D eigenvalue weighted by Gasteiger charge is 2.32. The standard InChI is InChI=1S/C26H22N2O3/c1-28(22-14-13-16-7-2-3-8-17(16)22)15-23(29)27-21-12-6-11-20-24(21)26(31)19-10-5-4-9-18(19)25(20)30/h2-12,22H,13-15H2,1H3,(H,27,29)/t22-/m0/s1. The molecule has 1 atom stereocenters. The van der Waals surface area contributed by atoms with Crippen molar-refractivity contribution in [1.82, 2.24) is 4.90 Å². The van der Waals surface area contributed by atoms with E-state index in [1.165, 1.54) is 11.1 Å². The summed E-state index contributed by atoms with van der Waals surface area (Å²) in [4.78, 5) is 40.9. The van der Waals surface area contributed by atoms with Crippen LogP contribution in [-0.4, -0.2) is 36.0 Å². The molecule has 0 heterocycles. The van der Waals surface area contributed by atoms with Crippen LogP contribution in [0, 0.1) is 0 Å². The zero-order valence-corrected chi connectivity index (χ0v) is 17.2. The van der Waals surface area contributed by atoms with Gasteiger partial charge in [0.25, 0.3) is 0 Å². The van der Waals surface area contributed by atoms with Crippen molar-refractivity contribution in [3.8, 4) is 0 Å². The lowest BCUT2D eigenvalue weighted by molar-refractivity contribution is -0.117. The lowest BCUT2D eigenvalue weighted by Crippen LogP contribution is -2.33. The van der Waals surface area contributed by atoms with Crippen molar-refractivity contribution in [2.24, 2.45) is 0 Å². The third kappa shape index (κ3) is 3.27. The third-order valence-electron chi connectivity index (χ3n) is 6.25. The molecular weight excluding hydrogens is 388 g/mol. The molecule has 2 aliphatic carbocycles. The van der Waals surface area contributed by atoms with E-state index in [4.69, 9.17) is 0 Å². The van der Waals surface area contributed by atoms with E-state index < -0.39 is 0 Å². The number of amides is 1. The summed E-state index contributed by atoms with van der Waals surface area (Å²) in [5, 5.41) is 2.88. The van der Waals surface area contributed by atoms with Crippen LogP contribution < -0.4 is 5.32 Å². The lowest BCUT2D eigenvalue weighted by atomic mass is 9.83. The molecule has 0 saturated heterocycles. The van der Waals surface area contributed by atoms with Crippen LogP contribution in [0.4, 0.5) is 5.69 Å². The van der Waals surface area contributed by atoms with Crippen molar-refractivity contribution in [2.75, 3.05) is 18.9 Å². The molecule has 0 radical (unpaired) electrons. The number of fused-ring (bicyclic) bond motifs is 3. The normalized spacial score (nSPS) is 16.6. The van der Waals surface area contributed by atoms with Gasteiger partial charge in [-0.15, -0.1) is 0 Å². The molecule has 0 unspecified atom stereocenters. The van der Waals surface area contributed by atoms with Crippen LogP contribution in [-0.2, 0) is 11.2 Å². The number of carbonyl (C=O) groups is 3. The Labute approximate surface area is 180 Å². The van der Waals surface area contributed by atoms with E-state index in [0.29, 0.717) is 22.4 Å². The van der Waals surface area contributed by atoms with Crippen LogP contribution >= 0.6 is 0 Å². The summed E-state index contributed by atoms with van der Waals surface area (Å²) in [6, 6.07) is 20.4. The Kier molecular flexibility index (Phi) is 4.75. The predicted molar refractivity (Wildman–Crippen MR) is 119 cm³/mol. The van der Waals surface area contributed by atoms with Crippen molar-refractivity contribution < 1.29 is 14.4 Å². The van der Waals surface area contributed by atoms with E-state index in [0.717, 1.165) is 12.8 Å². The number of carbonyl (C=O) groups excluding carboxylic acids is 3. The van der Waals surface area contributed by atoms with E-state index >= 15 is 0 Å². The molecule has 0 aromatic heterocycles. The van der Waals surface area contributed by atoms with Gasteiger partial charge in [0, 0.05) is 22.7 Å². The number of benzene rings is 3. The first-order chi connectivity index (χ1) is 15.0. The SMILES string of the molecule is CN(CC(=O)Nc1cccc2c1C(=O)c1ccccc1C2=O)[C@H]1CCc2ccccc21. The third-order valence-corrected chi connectivity index (χ3v) is 6.25. The second-order valence-electron chi connectivity index (χ2n) is 8.15. The Balaban J connectivity index is 1.37. The van der Waals surface area contributed by atoms with Gasteiger partial charge < -0.3 is 5.32 Å². The number of anilines is 1. The Morgan fingerprint density at radius 3 is 2.39 bits per heavy atom. The molecule has 5 heteroatoms. The second kappa shape index (κ2) is 7.60. The fraction of sp³-hybridized carbons (Fsp3) is 0.192. The van der Waals surface area contributed by atoms with Crippen LogP contribution in [0.3, 0.4) is 0 Å². The van der Waals surface area contributed by atoms with Gasteiger partial charge in [-0.25, -0.2) is 0 Å². The summed E-state index contributed by atoms with van der Waals surface area (Å²) >= 11 is 0. The molecule has 0 saturated carbocycles. The van der Waals surface area contributed by atoms with Crippen molar-refractivity contribution in [2.45, 2.75) is 18.9 Å². The minimum atomic E-state index is -0.237. The summed E-state index contributed by atoms with van der Waals surface area (Å²) in [6.45, 7) is 0.196. The monoisotopic (exact) mass is 410 g/mol. The first-order valence-corrected chi connectivity index (χ1v) is 10.4. The largest absolute Gasteiger partial charge is 0.324 e. The quantitative estimate of drug-likeness (QED) is 0.552.